The average Bonchev–Trinajstić information content (AvgIpc) is 2.46. The molecule has 0 amide bonds. The Kier molecular flexibility index (Phi) is 2.07. The summed E-state index contributed by atoms with van der Waals surface area (Å²) < 4.78 is 13.7. The van der Waals surface area contributed by atoms with E-state index in [1.54, 1.807) is 23.5 Å². The van der Waals surface area contributed by atoms with Crippen LogP contribution in [0, 0.1) is 5.82 Å². The third-order valence-corrected chi connectivity index (χ3v) is 3.34. The van der Waals surface area contributed by atoms with E-state index in [0.29, 0.717) is 0 Å². The number of halogens is 1. The van der Waals surface area contributed by atoms with Gasteiger partial charge in [0.2, 0.25) is 0 Å². The highest BCUT2D eigenvalue weighted by molar-refractivity contribution is 7.79. The van der Waals surface area contributed by atoms with Crippen molar-refractivity contribution in [1.29, 1.82) is 0 Å². The molecule has 0 spiro atoms. The number of fused-ring (bicyclic) bond motifs is 1. The summed E-state index contributed by atoms with van der Waals surface area (Å²) in [4.78, 5) is 1.18. The lowest BCUT2D eigenvalue weighted by atomic mass is 10.2. The van der Waals surface area contributed by atoms with Crippen molar-refractivity contribution >= 4 is 34.1 Å². The van der Waals surface area contributed by atoms with Crippen LogP contribution in [0.15, 0.2) is 24.3 Å². The first kappa shape index (κ1) is 8.08. The monoisotopic (exact) mass is 198 g/mol. The van der Waals surface area contributed by atoms with E-state index in [-0.39, 0.29) is 5.82 Å². The molecule has 0 aliphatic rings. The lowest BCUT2D eigenvalue weighted by molar-refractivity contribution is 0.630. The van der Waals surface area contributed by atoms with Gasteiger partial charge in [-0.25, -0.2) is 4.39 Å². The number of benzene rings is 1. The molecule has 62 valence electrons. The van der Waals surface area contributed by atoms with Crippen molar-refractivity contribution in [1.82, 2.24) is 0 Å². The molecule has 2 aromatic rings. The molecule has 0 unspecified atom stereocenters. The highest BCUT2D eigenvalue weighted by Crippen LogP contribution is 2.26. The summed E-state index contributed by atoms with van der Waals surface area (Å²) in [7, 11) is 0. The third-order valence-electron chi connectivity index (χ3n) is 1.69. The maximum atomic E-state index is 12.7. The van der Waals surface area contributed by atoms with Crippen LogP contribution in [0.5, 0.6) is 0 Å². The van der Waals surface area contributed by atoms with E-state index in [1.807, 2.05) is 6.07 Å². The summed E-state index contributed by atoms with van der Waals surface area (Å²) in [5, 5.41) is 1.10. The van der Waals surface area contributed by atoms with Gasteiger partial charge in [-0.05, 0) is 23.6 Å². The van der Waals surface area contributed by atoms with Gasteiger partial charge in [-0.2, -0.15) is 12.6 Å². The Bertz CT molecular complexity index is 406. The van der Waals surface area contributed by atoms with Gasteiger partial charge in [0.1, 0.15) is 5.82 Å². The van der Waals surface area contributed by atoms with Gasteiger partial charge in [0.15, 0.2) is 0 Å². The maximum absolute atomic E-state index is 12.7. The predicted molar refractivity (Wildman–Crippen MR) is 54.5 cm³/mol. The molecular formula is C9H7FS2. The second-order valence-electron chi connectivity index (χ2n) is 2.55. The molecule has 2 rings (SSSR count). The van der Waals surface area contributed by atoms with Crippen LogP contribution in [0.1, 0.15) is 4.88 Å². The minimum absolute atomic E-state index is 0.171. The fourth-order valence-electron chi connectivity index (χ4n) is 1.14. The van der Waals surface area contributed by atoms with Gasteiger partial charge in [-0.3, -0.25) is 0 Å². The molecule has 0 saturated carbocycles. The summed E-state index contributed by atoms with van der Waals surface area (Å²) in [5.41, 5.74) is 0. The van der Waals surface area contributed by atoms with E-state index in [9.17, 15) is 4.39 Å². The van der Waals surface area contributed by atoms with Crippen LogP contribution in [-0.4, -0.2) is 0 Å². The molecule has 0 fully saturated rings. The fraction of sp³-hybridized carbons (Fsp3) is 0.111. The number of hydrogen-bond donors (Lipinski definition) is 1. The topological polar surface area (TPSA) is 0 Å². The molecule has 1 aromatic carbocycles. The minimum atomic E-state index is -0.171. The summed E-state index contributed by atoms with van der Waals surface area (Å²) in [5.74, 6) is 0.552. The number of hydrogen-bond acceptors (Lipinski definition) is 2. The Morgan fingerprint density at radius 3 is 2.92 bits per heavy atom. The first-order valence-electron chi connectivity index (χ1n) is 3.58. The maximum Gasteiger partial charge on any atom is 0.124 e. The van der Waals surface area contributed by atoms with Crippen molar-refractivity contribution in [3.8, 4) is 0 Å². The zero-order chi connectivity index (χ0) is 8.55. The highest BCUT2D eigenvalue weighted by Gasteiger charge is 2.00. The van der Waals surface area contributed by atoms with Gasteiger partial charge in [0, 0.05) is 15.3 Å². The van der Waals surface area contributed by atoms with Gasteiger partial charge in [-0.1, -0.05) is 6.07 Å². The van der Waals surface area contributed by atoms with E-state index in [1.165, 1.54) is 10.9 Å². The molecule has 0 nitrogen and oxygen atoms in total. The fourth-order valence-corrected chi connectivity index (χ4v) is 2.37. The quantitative estimate of drug-likeness (QED) is 0.666. The minimum Gasteiger partial charge on any atom is -0.207 e. The Hall–Kier alpha value is -0.540. The van der Waals surface area contributed by atoms with Crippen molar-refractivity contribution < 1.29 is 4.39 Å². The Balaban J connectivity index is 2.67. The van der Waals surface area contributed by atoms with Crippen LogP contribution in [0.3, 0.4) is 0 Å². The van der Waals surface area contributed by atoms with Crippen LogP contribution in [0.4, 0.5) is 4.39 Å². The molecular weight excluding hydrogens is 191 g/mol. The van der Waals surface area contributed by atoms with Crippen LogP contribution in [0.2, 0.25) is 0 Å². The van der Waals surface area contributed by atoms with Crippen molar-refractivity contribution in [2.75, 3.05) is 0 Å². The number of thiol groups is 1. The second-order valence-corrected chi connectivity index (χ2v) is 4.04. The lowest BCUT2D eigenvalue weighted by Gasteiger charge is -1.86. The van der Waals surface area contributed by atoms with Crippen LogP contribution in [-0.2, 0) is 5.75 Å². The Morgan fingerprint density at radius 1 is 1.33 bits per heavy atom. The Morgan fingerprint density at radius 2 is 2.17 bits per heavy atom. The molecule has 12 heavy (non-hydrogen) atoms. The van der Waals surface area contributed by atoms with Crippen LogP contribution < -0.4 is 0 Å². The van der Waals surface area contributed by atoms with E-state index >= 15 is 0 Å². The molecule has 3 heteroatoms. The highest BCUT2D eigenvalue weighted by atomic mass is 32.1. The largest absolute Gasteiger partial charge is 0.207 e. The molecule has 0 N–H and O–H groups in total. The molecule has 0 saturated heterocycles. The third kappa shape index (κ3) is 1.34. The summed E-state index contributed by atoms with van der Waals surface area (Å²) in [6.07, 6.45) is 0. The molecule has 0 radical (unpaired) electrons. The molecule has 0 aliphatic heterocycles. The molecule has 0 aliphatic carbocycles. The first-order valence-corrected chi connectivity index (χ1v) is 5.03. The van der Waals surface area contributed by atoms with E-state index in [2.05, 4.69) is 12.6 Å². The summed E-state index contributed by atoms with van der Waals surface area (Å²) >= 11 is 5.76. The van der Waals surface area contributed by atoms with Crippen molar-refractivity contribution in [3.05, 3.63) is 35.0 Å². The second kappa shape index (κ2) is 3.07. The standard InChI is InChI=1S/C9H7FS2/c10-7-2-1-6-3-8(5-11)12-9(6)4-7/h1-4,11H,5H2. The first-order chi connectivity index (χ1) is 5.79. The SMILES string of the molecule is Fc1ccc2cc(CS)sc2c1. The normalized spacial score (nSPS) is 10.8. The Labute approximate surface area is 79.4 Å². The van der Waals surface area contributed by atoms with E-state index in [4.69, 9.17) is 0 Å². The molecule has 0 bridgehead atoms. The van der Waals surface area contributed by atoms with E-state index in [0.717, 1.165) is 15.8 Å². The number of rotatable bonds is 1. The lowest BCUT2D eigenvalue weighted by Crippen LogP contribution is -1.68. The zero-order valence-electron chi connectivity index (χ0n) is 6.25. The van der Waals surface area contributed by atoms with Gasteiger partial charge < -0.3 is 0 Å². The van der Waals surface area contributed by atoms with Crippen molar-refractivity contribution in [2.45, 2.75) is 5.75 Å². The van der Waals surface area contributed by atoms with Gasteiger partial charge in [0.25, 0.3) is 0 Å². The van der Waals surface area contributed by atoms with Gasteiger partial charge in [-0.15, -0.1) is 11.3 Å². The predicted octanol–water partition coefficient (Wildman–Crippen LogP) is 3.47. The molecule has 0 atom stereocenters. The summed E-state index contributed by atoms with van der Waals surface area (Å²) in [6.45, 7) is 0. The van der Waals surface area contributed by atoms with Gasteiger partial charge >= 0.3 is 0 Å². The van der Waals surface area contributed by atoms with Crippen molar-refractivity contribution in [3.63, 3.8) is 0 Å². The van der Waals surface area contributed by atoms with Crippen LogP contribution in [0.25, 0.3) is 10.1 Å². The smallest absolute Gasteiger partial charge is 0.124 e. The van der Waals surface area contributed by atoms with E-state index < -0.39 is 0 Å². The number of thiophene rings is 1. The van der Waals surface area contributed by atoms with Crippen LogP contribution >= 0.6 is 24.0 Å². The van der Waals surface area contributed by atoms with Crippen molar-refractivity contribution in [2.24, 2.45) is 0 Å². The zero-order valence-corrected chi connectivity index (χ0v) is 7.96. The molecule has 1 aromatic heterocycles. The average molecular weight is 198 g/mol. The van der Waals surface area contributed by atoms with Gasteiger partial charge in [0.05, 0.1) is 0 Å². The summed E-state index contributed by atoms with van der Waals surface area (Å²) in [6, 6.07) is 6.89. The molecule has 1 heterocycles.